The van der Waals surface area contributed by atoms with Gasteiger partial charge in [0, 0.05) is 12.1 Å². The summed E-state index contributed by atoms with van der Waals surface area (Å²) in [6.45, 7) is 0. The summed E-state index contributed by atoms with van der Waals surface area (Å²) in [5, 5.41) is 9.25. The highest BCUT2D eigenvalue weighted by atomic mass is 79.9. The number of aliphatic carboxylic acids is 1. The van der Waals surface area contributed by atoms with Crippen LogP contribution < -0.4 is 0 Å². The fraction of sp³-hybridized carbons (Fsp3) is 0.545. The van der Waals surface area contributed by atoms with E-state index in [0.29, 0.717) is 24.5 Å². The second-order valence-electron chi connectivity index (χ2n) is 4.59. The molecule has 0 radical (unpaired) electrons. The van der Waals surface area contributed by atoms with Crippen LogP contribution in [0.1, 0.15) is 43.1 Å². The Hall–Kier alpha value is -0.970. The molecule has 0 amide bonds. The van der Waals surface area contributed by atoms with Crippen molar-refractivity contribution in [3.05, 3.63) is 22.2 Å². The van der Waals surface area contributed by atoms with Crippen molar-refractivity contribution in [2.45, 2.75) is 37.0 Å². The summed E-state index contributed by atoms with van der Waals surface area (Å²) in [4.78, 5) is 20.0. The third-order valence-electron chi connectivity index (χ3n) is 3.32. The van der Waals surface area contributed by atoms with Gasteiger partial charge in [0.05, 0.1) is 10.2 Å². The molecule has 0 bridgehead atoms. The molecule has 2 aliphatic rings. The van der Waals surface area contributed by atoms with Gasteiger partial charge in [-0.15, -0.1) is 0 Å². The average Bonchev–Trinajstić information content (AvgIpc) is 3.13. The number of carbonyl (C=O) groups is 1. The van der Waals surface area contributed by atoms with E-state index >= 15 is 0 Å². The monoisotopic (exact) mass is 282 g/mol. The van der Waals surface area contributed by atoms with Gasteiger partial charge in [0.1, 0.15) is 11.2 Å². The standard InChI is InChI=1S/C11H11BrN2O2/c12-7-5-13-9(6-1-2-6)14-8(7)11(3-4-11)10(15)16/h5-6H,1-4H2,(H,15,16). The minimum atomic E-state index is -0.770. The van der Waals surface area contributed by atoms with Gasteiger partial charge in [-0.2, -0.15) is 0 Å². The Balaban J connectivity index is 2.05. The lowest BCUT2D eigenvalue weighted by atomic mass is 10.0. The first-order valence-electron chi connectivity index (χ1n) is 5.40. The Kier molecular flexibility index (Phi) is 2.08. The largest absolute Gasteiger partial charge is 0.481 e. The summed E-state index contributed by atoms with van der Waals surface area (Å²) < 4.78 is 0.719. The topological polar surface area (TPSA) is 63.1 Å². The zero-order valence-electron chi connectivity index (χ0n) is 8.61. The maximum Gasteiger partial charge on any atom is 0.315 e. The van der Waals surface area contributed by atoms with E-state index < -0.39 is 11.4 Å². The number of aromatic nitrogens is 2. The molecule has 1 N–H and O–H groups in total. The van der Waals surface area contributed by atoms with Gasteiger partial charge < -0.3 is 5.11 Å². The Morgan fingerprint density at radius 3 is 2.69 bits per heavy atom. The van der Waals surface area contributed by atoms with Gasteiger partial charge in [-0.1, -0.05) is 0 Å². The number of hydrogen-bond acceptors (Lipinski definition) is 3. The van der Waals surface area contributed by atoms with Gasteiger partial charge in [0.2, 0.25) is 0 Å². The van der Waals surface area contributed by atoms with Crippen molar-refractivity contribution in [3.63, 3.8) is 0 Å². The number of rotatable bonds is 3. The van der Waals surface area contributed by atoms with E-state index in [9.17, 15) is 9.90 Å². The van der Waals surface area contributed by atoms with Crippen LogP contribution in [0.4, 0.5) is 0 Å². The molecule has 3 rings (SSSR count). The maximum atomic E-state index is 11.3. The molecule has 2 aliphatic carbocycles. The van der Waals surface area contributed by atoms with Gasteiger partial charge >= 0.3 is 5.97 Å². The SMILES string of the molecule is O=C(O)C1(c2nc(C3CC3)ncc2Br)CC1. The van der Waals surface area contributed by atoms with Crippen LogP contribution in [0.5, 0.6) is 0 Å². The summed E-state index contributed by atoms with van der Waals surface area (Å²) >= 11 is 3.36. The van der Waals surface area contributed by atoms with E-state index in [4.69, 9.17) is 0 Å². The Bertz CT molecular complexity index is 467. The first kappa shape index (κ1) is 10.2. The maximum absolute atomic E-state index is 11.3. The molecule has 5 heteroatoms. The third kappa shape index (κ3) is 1.45. The predicted octanol–water partition coefficient (Wildman–Crippen LogP) is 2.23. The molecule has 2 fully saturated rings. The molecule has 0 spiro atoms. The summed E-state index contributed by atoms with van der Waals surface area (Å²) in [6, 6.07) is 0. The highest BCUT2D eigenvalue weighted by Crippen LogP contribution is 2.50. The lowest BCUT2D eigenvalue weighted by Crippen LogP contribution is -2.22. The van der Waals surface area contributed by atoms with Crippen molar-refractivity contribution in [1.29, 1.82) is 0 Å². The van der Waals surface area contributed by atoms with E-state index in [-0.39, 0.29) is 0 Å². The third-order valence-corrected chi connectivity index (χ3v) is 3.90. The smallest absolute Gasteiger partial charge is 0.315 e. The van der Waals surface area contributed by atoms with Crippen LogP contribution in [0.2, 0.25) is 0 Å². The highest BCUT2D eigenvalue weighted by molar-refractivity contribution is 9.10. The van der Waals surface area contributed by atoms with Crippen molar-refractivity contribution < 1.29 is 9.90 Å². The lowest BCUT2D eigenvalue weighted by Gasteiger charge is -2.12. The van der Waals surface area contributed by atoms with Crippen LogP contribution in [0.15, 0.2) is 10.7 Å². The van der Waals surface area contributed by atoms with Crippen molar-refractivity contribution >= 4 is 21.9 Å². The first-order valence-corrected chi connectivity index (χ1v) is 6.19. The minimum Gasteiger partial charge on any atom is -0.481 e. The molecule has 1 aromatic rings. The zero-order valence-corrected chi connectivity index (χ0v) is 10.2. The van der Waals surface area contributed by atoms with E-state index in [2.05, 4.69) is 25.9 Å². The van der Waals surface area contributed by atoms with Crippen molar-refractivity contribution in [2.75, 3.05) is 0 Å². The first-order chi connectivity index (χ1) is 7.63. The molecule has 0 atom stereocenters. The van der Waals surface area contributed by atoms with Crippen LogP contribution in [0, 0.1) is 0 Å². The molecule has 1 heterocycles. The van der Waals surface area contributed by atoms with Crippen LogP contribution in [0.3, 0.4) is 0 Å². The molecule has 16 heavy (non-hydrogen) atoms. The fourth-order valence-electron chi connectivity index (χ4n) is 1.93. The second-order valence-corrected chi connectivity index (χ2v) is 5.44. The summed E-state index contributed by atoms with van der Waals surface area (Å²) in [5.74, 6) is 0.496. The van der Waals surface area contributed by atoms with Crippen LogP contribution >= 0.6 is 15.9 Å². The van der Waals surface area contributed by atoms with E-state index in [1.54, 1.807) is 6.20 Å². The van der Waals surface area contributed by atoms with Crippen molar-refractivity contribution in [1.82, 2.24) is 9.97 Å². The molecular weight excluding hydrogens is 272 g/mol. The molecule has 84 valence electrons. The van der Waals surface area contributed by atoms with E-state index in [1.807, 2.05) is 0 Å². The van der Waals surface area contributed by atoms with Crippen LogP contribution in [0.25, 0.3) is 0 Å². The van der Waals surface area contributed by atoms with Crippen molar-refractivity contribution in [3.8, 4) is 0 Å². The van der Waals surface area contributed by atoms with E-state index in [0.717, 1.165) is 23.1 Å². The molecule has 0 saturated heterocycles. The van der Waals surface area contributed by atoms with Crippen LogP contribution in [-0.4, -0.2) is 21.0 Å². The van der Waals surface area contributed by atoms with Crippen LogP contribution in [-0.2, 0) is 10.2 Å². The van der Waals surface area contributed by atoms with E-state index in [1.165, 1.54) is 0 Å². The summed E-state index contributed by atoms with van der Waals surface area (Å²) in [5.41, 5.74) is -0.0808. The van der Waals surface area contributed by atoms with Gasteiger partial charge in [0.15, 0.2) is 0 Å². The van der Waals surface area contributed by atoms with Gasteiger partial charge in [-0.25, -0.2) is 9.97 Å². The van der Waals surface area contributed by atoms with Gasteiger partial charge in [-0.05, 0) is 41.6 Å². The summed E-state index contributed by atoms with van der Waals surface area (Å²) in [7, 11) is 0. The Morgan fingerprint density at radius 2 is 2.19 bits per heavy atom. The fourth-order valence-corrected chi connectivity index (χ4v) is 2.50. The van der Waals surface area contributed by atoms with Gasteiger partial charge in [0.25, 0.3) is 0 Å². The molecule has 0 aromatic carbocycles. The lowest BCUT2D eigenvalue weighted by molar-refractivity contribution is -0.140. The molecule has 0 unspecified atom stereocenters. The number of hydrogen-bond donors (Lipinski definition) is 1. The highest BCUT2D eigenvalue weighted by Gasteiger charge is 2.54. The average molecular weight is 283 g/mol. The molecule has 0 aliphatic heterocycles. The number of carboxylic acid groups (broad SMARTS) is 1. The predicted molar refractivity (Wildman–Crippen MR) is 60.3 cm³/mol. The molecular formula is C11H11BrN2O2. The minimum absolute atomic E-state index is 0.455. The Morgan fingerprint density at radius 1 is 1.50 bits per heavy atom. The number of carboxylic acids is 1. The number of halogens is 1. The molecule has 1 aromatic heterocycles. The van der Waals surface area contributed by atoms with Crippen molar-refractivity contribution in [2.24, 2.45) is 0 Å². The Labute approximate surface area is 101 Å². The quantitative estimate of drug-likeness (QED) is 0.924. The second kappa shape index (κ2) is 3.26. The molecule has 2 saturated carbocycles. The number of nitrogens with zero attached hydrogens (tertiary/aromatic N) is 2. The zero-order chi connectivity index (χ0) is 11.3. The summed E-state index contributed by atoms with van der Waals surface area (Å²) in [6.07, 6.45) is 5.31. The molecule has 4 nitrogen and oxygen atoms in total. The normalized spacial score (nSPS) is 21.8. The van der Waals surface area contributed by atoms with Gasteiger partial charge in [-0.3, -0.25) is 4.79 Å².